The molecule has 10 heteroatoms. The van der Waals surface area contributed by atoms with Crippen molar-refractivity contribution in [3.63, 3.8) is 0 Å². The number of aliphatic hydroxyl groups excluding tert-OH is 1. The number of amides is 1. The van der Waals surface area contributed by atoms with E-state index < -0.39 is 11.5 Å². The molecule has 9 nitrogen and oxygen atoms in total. The Balaban J connectivity index is 1.83. The summed E-state index contributed by atoms with van der Waals surface area (Å²) in [6.07, 6.45) is 2.64. The number of ether oxygens (including phenoxy) is 1. The van der Waals surface area contributed by atoms with Crippen molar-refractivity contribution in [2.24, 2.45) is 0 Å². The molecule has 1 amide bonds. The van der Waals surface area contributed by atoms with Crippen molar-refractivity contribution in [2.75, 3.05) is 19.0 Å². The molecule has 0 saturated heterocycles. The molecular formula is C16H16ClN5O4. The van der Waals surface area contributed by atoms with Crippen molar-refractivity contribution < 1.29 is 14.6 Å². The van der Waals surface area contributed by atoms with Gasteiger partial charge < -0.3 is 15.2 Å². The number of nitrogens with zero attached hydrogens (tertiary/aromatic N) is 4. The summed E-state index contributed by atoms with van der Waals surface area (Å²) in [6, 6.07) is 4.83. The lowest BCUT2D eigenvalue weighted by Gasteiger charge is -2.11. The fourth-order valence-electron chi connectivity index (χ4n) is 2.49. The molecule has 1 aromatic carbocycles. The van der Waals surface area contributed by atoms with E-state index in [1.165, 1.54) is 28.9 Å². The lowest BCUT2D eigenvalue weighted by Crippen LogP contribution is -2.28. The summed E-state index contributed by atoms with van der Waals surface area (Å²) in [5.74, 6) is 0.0190. The number of halogens is 1. The molecule has 136 valence electrons. The second-order valence-corrected chi connectivity index (χ2v) is 5.84. The second kappa shape index (κ2) is 7.54. The molecule has 0 radical (unpaired) electrons. The molecule has 2 aromatic heterocycles. The van der Waals surface area contributed by atoms with Gasteiger partial charge in [0.15, 0.2) is 5.65 Å². The van der Waals surface area contributed by atoms with Gasteiger partial charge in [-0.2, -0.15) is 5.10 Å². The number of carbonyl (C=O) groups is 1. The first-order valence-corrected chi connectivity index (χ1v) is 8.06. The molecule has 0 aliphatic heterocycles. The Morgan fingerprint density at radius 3 is 2.96 bits per heavy atom. The number of rotatable bonds is 6. The van der Waals surface area contributed by atoms with Crippen molar-refractivity contribution in [1.29, 1.82) is 0 Å². The molecule has 0 aliphatic rings. The zero-order valence-electron chi connectivity index (χ0n) is 13.8. The number of fused-ring (bicyclic) bond motifs is 1. The SMILES string of the molecule is COc1ccc(Cl)cc1NC(=O)Cn1cnc2c(cnn2CCO)c1=O. The number of anilines is 1. The monoisotopic (exact) mass is 377 g/mol. The summed E-state index contributed by atoms with van der Waals surface area (Å²) < 4.78 is 7.78. The largest absolute Gasteiger partial charge is 0.495 e. The van der Waals surface area contributed by atoms with Gasteiger partial charge in [-0.3, -0.25) is 14.2 Å². The van der Waals surface area contributed by atoms with E-state index in [0.29, 0.717) is 22.1 Å². The van der Waals surface area contributed by atoms with Gasteiger partial charge in [0.05, 0.1) is 32.1 Å². The average Bonchev–Trinajstić information content (AvgIpc) is 3.02. The van der Waals surface area contributed by atoms with Gasteiger partial charge in [-0.25, -0.2) is 9.67 Å². The van der Waals surface area contributed by atoms with E-state index in [4.69, 9.17) is 21.4 Å². The van der Waals surface area contributed by atoms with Crippen LogP contribution in [-0.4, -0.2) is 44.1 Å². The third-order valence-corrected chi connectivity index (χ3v) is 3.92. The number of hydrogen-bond donors (Lipinski definition) is 2. The van der Waals surface area contributed by atoms with Gasteiger partial charge in [0.1, 0.15) is 24.0 Å². The van der Waals surface area contributed by atoms with Crippen LogP contribution in [0.2, 0.25) is 5.02 Å². The summed E-state index contributed by atoms with van der Waals surface area (Å²) >= 11 is 5.94. The van der Waals surface area contributed by atoms with E-state index in [1.807, 2.05) is 0 Å². The third kappa shape index (κ3) is 3.53. The molecule has 2 heterocycles. The van der Waals surface area contributed by atoms with Crippen molar-refractivity contribution in [3.05, 3.63) is 46.1 Å². The molecule has 3 aromatic rings. The van der Waals surface area contributed by atoms with Crippen LogP contribution in [0.4, 0.5) is 5.69 Å². The smallest absolute Gasteiger partial charge is 0.264 e. The quantitative estimate of drug-likeness (QED) is 0.659. The highest BCUT2D eigenvalue weighted by atomic mass is 35.5. The lowest BCUT2D eigenvalue weighted by molar-refractivity contribution is -0.116. The summed E-state index contributed by atoms with van der Waals surface area (Å²) in [5, 5.41) is 16.4. The van der Waals surface area contributed by atoms with E-state index >= 15 is 0 Å². The van der Waals surface area contributed by atoms with Crippen molar-refractivity contribution in [1.82, 2.24) is 19.3 Å². The van der Waals surface area contributed by atoms with Crippen LogP contribution in [0, 0.1) is 0 Å². The van der Waals surface area contributed by atoms with E-state index in [2.05, 4.69) is 15.4 Å². The van der Waals surface area contributed by atoms with Crippen LogP contribution in [0.25, 0.3) is 11.0 Å². The molecule has 2 N–H and O–H groups in total. The van der Waals surface area contributed by atoms with Crippen LogP contribution in [0.15, 0.2) is 35.5 Å². The first-order valence-electron chi connectivity index (χ1n) is 7.68. The maximum Gasteiger partial charge on any atom is 0.264 e. The van der Waals surface area contributed by atoms with Crippen LogP contribution in [-0.2, 0) is 17.9 Å². The number of aliphatic hydroxyl groups is 1. The first-order chi connectivity index (χ1) is 12.5. The van der Waals surface area contributed by atoms with Crippen LogP contribution >= 0.6 is 11.6 Å². The number of benzene rings is 1. The van der Waals surface area contributed by atoms with Gasteiger partial charge in [0.25, 0.3) is 5.56 Å². The normalized spacial score (nSPS) is 10.9. The minimum Gasteiger partial charge on any atom is -0.495 e. The maximum atomic E-state index is 12.5. The summed E-state index contributed by atoms with van der Waals surface area (Å²) in [4.78, 5) is 29.0. The van der Waals surface area contributed by atoms with Crippen LogP contribution in [0.5, 0.6) is 5.75 Å². The molecule has 0 spiro atoms. The maximum absolute atomic E-state index is 12.5. The minimum atomic E-state index is -0.434. The number of methoxy groups -OCH3 is 1. The van der Waals surface area contributed by atoms with Crippen LogP contribution in [0.1, 0.15) is 0 Å². The number of hydrogen-bond acceptors (Lipinski definition) is 6. The van der Waals surface area contributed by atoms with Crippen molar-refractivity contribution in [3.8, 4) is 5.75 Å². The standard InChI is InChI=1S/C16H16ClN5O4/c1-26-13-3-2-10(17)6-12(13)20-14(24)8-21-9-18-15-11(16(21)25)7-19-22(15)4-5-23/h2-3,6-7,9,23H,4-5,8H2,1H3,(H,20,24). The Bertz CT molecular complexity index is 1010. The Morgan fingerprint density at radius 1 is 1.42 bits per heavy atom. The Labute approximate surface area is 152 Å². The van der Waals surface area contributed by atoms with E-state index in [0.717, 1.165) is 0 Å². The van der Waals surface area contributed by atoms with Gasteiger partial charge >= 0.3 is 0 Å². The Kier molecular flexibility index (Phi) is 5.19. The van der Waals surface area contributed by atoms with Crippen molar-refractivity contribution in [2.45, 2.75) is 13.1 Å². The van der Waals surface area contributed by atoms with Gasteiger partial charge in [0.2, 0.25) is 5.91 Å². The van der Waals surface area contributed by atoms with Crippen LogP contribution in [0.3, 0.4) is 0 Å². The fourth-order valence-corrected chi connectivity index (χ4v) is 2.66. The molecule has 3 rings (SSSR count). The molecular weight excluding hydrogens is 362 g/mol. The third-order valence-electron chi connectivity index (χ3n) is 3.68. The Hall–Kier alpha value is -2.91. The van der Waals surface area contributed by atoms with Gasteiger partial charge in [-0.05, 0) is 18.2 Å². The Morgan fingerprint density at radius 2 is 2.23 bits per heavy atom. The second-order valence-electron chi connectivity index (χ2n) is 5.40. The fraction of sp³-hybridized carbons (Fsp3) is 0.250. The number of nitrogens with one attached hydrogen (secondary N) is 1. The minimum absolute atomic E-state index is 0.120. The lowest BCUT2D eigenvalue weighted by atomic mass is 10.3. The summed E-state index contributed by atoms with van der Waals surface area (Å²) in [7, 11) is 1.48. The topological polar surface area (TPSA) is 111 Å². The molecule has 0 atom stereocenters. The number of aromatic nitrogens is 4. The highest BCUT2D eigenvalue weighted by molar-refractivity contribution is 6.31. The van der Waals surface area contributed by atoms with E-state index in [1.54, 1.807) is 18.2 Å². The highest BCUT2D eigenvalue weighted by Gasteiger charge is 2.13. The zero-order chi connectivity index (χ0) is 18.7. The average molecular weight is 378 g/mol. The number of carbonyl (C=O) groups excluding carboxylic acids is 1. The predicted octanol–water partition coefficient (Wildman–Crippen LogP) is 0.886. The summed E-state index contributed by atoms with van der Waals surface area (Å²) in [6.45, 7) is -0.122. The van der Waals surface area contributed by atoms with Gasteiger partial charge in [0, 0.05) is 5.02 Å². The van der Waals surface area contributed by atoms with Gasteiger partial charge in [-0.15, -0.1) is 0 Å². The first kappa shape index (κ1) is 17.9. The molecule has 0 bridgehead atoms. The van der Waals surface area contributed by atoms with E-state index in [9.17, 15) is 9.59 Å². The van der Waals surface area contributed by atoms with Crippen molar-refractivity contribution >= 4 is 34.2 Å². The van der Waals surface area contributed by atoms with Crippen LogP contribution < -0.4 is 15.6 Å². The predicted molar refractivity (Wildman–Crippen MR) is 95.5 cm³/mol. The summed E-state index contributed by atoms with van der Waals surface area (Å²) in [5.41, 5.74) is 0.368. The van der Waals surface area contributed by atoms with E-state index in [-0.39, 0.29) is 25.1 Å². The highest BCUT2D eigenvalue weighted by Crippen LogP contribution is 2.27. The molecule has 0 aliphatic carbocycles. The molecule has 0 saturated carbocycles. The molecule has 0 fully saturated rings. The van der Waals surface area contributed by atoms with Gasteiger partial charge in [-0.1, -0.05) is 11.6 Å². The molecule has 26 heavy (non-hydrogen) atoms. The molecule has 0 unspecified atom stereocenters. The zero-order valence-corrected chi connectivity index (χ0v) is 14.6.